The first-order valence-corrected chi connectivity index (χ1v) is 7.96. The van der Waals surface area contributed by atoms with E-state index in [2.05, 4.69) is 36.1 Å². The molecule has 1 amide bonds. The van der Waals surface area contributed by atoms with Crippen molar-refractivity contribution in [1.29, 1.82) is 0 Å². The van der Waals surface area contributed by atoms with Crippen molar-refractivity contribution in [3.8, 4) is 0 Å². The SMILES string of the molecule is CC(C)C(Br)C(=O)NC1CCCN(c2ncccn2)C1. The number of hydrogen-bond acceptors (Lipinski definition) is 4. The standard InChI is InChI=1S/C14H21BrN4O/c1-10(2)12(15)13(20)18-11-5-3-8-19(9-11)14-16-6-4-7-17-14/h4,6-7,10-12H,3,5,8-9H2,1-2H3,(H,18,20). The molecule has 0 radical (unpaired) electrons. The van der Waals surface area contributed by atoms with Gasteiger partial charge < -0.3 is 10.2 Å². The van der Waals surface area contributed by atoms with Crippen LogP contribution < -0.4 is 10.2 Å². The summed E-state index contributed by atoms with van der Waals surface area (Å²) >= 11 is 3.44. The summed E-state index contributed by atoms with van der Waals surface area (Å²) in [6.07, 6.45) is 5.54. The van der Waals surface area contributed by atoms with Crippen LogP contribution in [-0.2, 0) is 4.79 Å². The average Bonchev–Trinajstić information content (AvgIpc) is 2.47. The second-order valence-electron chi connectivity index (χ2n) is 5.49. The molecule has 6 heteroatoms. The molecule has 2 heterocycles. The molecule has 0 bridgehead atoms. The van der Waals surface area contributed by atoms with E-state index in [1.807, 2.05) is 19.9 Å². The lowest BCUT2D eigenvalue weighted by Crippen LogP contribution is -2.50. The number of piperidine rings is 1. The van der Waals surface area contributed by atoms with E-state index in [9.17, 15) is 4.79 Å². The fourth-order valence-corrected chi connectivity index (χ4v) is 2.45. The topological polar surface area (TPSA) is 58.1 Å². The Morgan fingerprint density at radius 1 is 1.45 bits per heavy atom. The van der Waals surface area contributed by atoms with Gasteiger partial charge in [0, 0.05) is 31.5 Å². The van der Waals surface area contributed by atoms with Crippen LogP contribution in [0.15, 0.2) is 18.5 Å². The fourth-order valence-electron chi connectivity index (χ4n) is 2.31. The first kappa shape index (κ1) is 15.2. The van der Waals surface area contributed by atoms with E-state index >= 15 is 0 Å². The number of halogens is 1. The van der Waals surface area contributed by atoms with Gasteiger partial charge in [-0.25, -0.2) is 9.97 Å². The summed E-state index contributed by atoms with van der Waals surface area (Å²) in [4.78, 5) is 22.6. The zero-order chi connectivity index (χ0) is 14.5. The maximum atomic E-state index is 12.1. The Hall–Kier alpha value is -1.17. The summed E-state index contributed by atoms with van der Waals surface area (Å²) in [5.74, 6) is 1.10. The van der Waals surface area contributed by atoms with Crippen LogP contribution in [-0.4, -0.2) is 39.8 Å². The van der Waals surface area contributed by atoms with E-state index < -0.39 is 0 Å². The van der Waals surface area contributed by atoms with Crippen molar-refractivity contribution in [2.45, 2.75) is 37.6 Å². The third-order valence-corrected chi connectivity index (χ3v) is 4.91. The normalized spacial score (nSPS) is 20.8. The molecule has 2 unspecified atom stereocenters. The van der Waals surface area contributed by atoms with Gasteiger partial charge in [-0.1, -0.05) is 29.8 Å². The monoisotopic (exact) mass is 340 g/mol. The van der Waals surface area contributed by atoms with Gasteiger partial charge >= 0.3 is 0 Å². The van der Waals surface area contributed by atoms with Crippen molar-refractivity contribution in [3.63, 3.8) is 0 Å². The number of anilines is 1. The molecule has 2 atom stereocenters. The van der Waals surface area contributed by atoms with Crippen molar-refractivity contribution in [1.82, 2.24) is 15.3 Å². The van der Waals surface area contributed by atoms with Crippen LogP contribution in [0.5, 0.6) is 0 Å². The van der Waals surface area contributed by atoms with E-state index in [4.69, 9.17) is 0 Å². The van der Waals surface area contributed by atoms with Crippen molar-refractivity contribution in [2.24, 2.45) is 5.92 Å². The molecule has 110 valence electrons. The number of nitrogens with one attached hydrogen (secondary N) is 1. The molecule has 1 fully saturated rings. The fraction of sp³-hybridized carbons (Fsp3) is 0.643. The lowest BCUT2D eigenvalue weighted by Gasteiger charge is -2.33. The maximum Gasteiger partial charge on any atom is 0.234 e. The first-order valence-electron chi connectivity index (χ1n) is 7.04. The molecule has 1 N–H and O–H groups in total. The summed E-state index contributed by atoms with van der Waals surface area (Å²) in [5, 5.41) is 3.12. The molecule has 0 aliphatic carbocycles. The Labute approximate surface area is 128 Å². The molecule has 1 saturated heterocycles. The number of rotatable bonds is 4. The molecule has 1 aliphatic rings. The number of nitrogens with zero attached hydrogens (tertiary/aromatic N) is 3. The second-order valence-corrected chi connectivity index (χ2v) is 6.47. The molecule has 5 nitrogen and oxygen atoms in total. The smallest absolute Gasteiger partial charge is 0.234 e. The number of alkyl halides is 1. The van der Waals surface area contributed by atoms with Gasteiger partial charge in [-0.05, 0) is 24.8 Å². The number of carbonyl (C=O) groups is 1. The summed E-state index contributed by atoms with van der Waals surface area (Å²) in [5.41, 5.74) is 0. The van der Waals surface area contributed by atoms with Crippen LogP contribution >= 0.6 is 15.9 Å². The van der Waals surface area contributed by atoms with Crippen molar-refractivity contribution in [2.75, 3.05) is 18.0 Å². The molecule has 1 aliphatic heterocycles. The second kappa shape index (κ2) is 7.02. The molecule has 0 aromatic carbocycles. The zero-order valence-electron chi connectivity index (χ0n) is 11.9. The number of amides is 1. The highest BCUT2D eigenvalue weighted by Crippen LogP contribution is 2.17. The van der Waals surface area contributed by atoms with Crippen molar-refractivity contribution < 1.29 is 4.79 Å². The third-order valence-electron chi connectivity index (χ3n) is 3.44. The third kappa shape index (κ3) is 3.91. The van der Waals surface area contributed by atoms with Gasteiger partial charge in [0.2, 0.25) is 11.9 Å². The van der Waals surface area contributed by atoms with Gasteiger partial charge in [0.05, 0.1) is 4.83 Å². The van der Waals surface area contributed by atoms with E-state index in [1.54, 1.807) is 12.4 Å². The van der Waals surface area contributed by atoms with Gasteiger partial charge in [-0.15, -0.1) is 0 Å². The van der Waals surface area contributed by atoms with E-state index in [-0.39, 0.29) is 22.7 Å². The molecular formula is C14H21BrN4O. The van der Waals surface area contributed by atoms with Crippen LogP contribution in [0.4, 0.5) is 5.95 Å². The Bertz CT molecular complexity index is 440. The summed E-state index contributed by atoms with van der Waals surface area (Å²) in [7, 11) is 0. The Balaban J connectivity index is 1.92. The lowest BCUT2D eigenvalue weighted by molar-refractivity contribution is -0.121. The summed E-state index contributed by atoms with van der Waals surface area (Å²) in [6, 6.07) is 1.98. The van der Waals surface area contributed by atoms with Crippen LogP contribution in [0.3, 0.4) is 0 Å². The Morgan fingerprint density at radius 2 is 2.15 bits per heavy atom. The van der Waals surface area contributed by atoms with Gasteiger partial charge in [-0.2, -0.15) is 0 Å². The van der Waals surface area contributed by atoms with E-state index in [0.717, 1.165) is 31.9 Å². The predicted octanol–water partition coefficient (Wildman–Crippen LogP) is 1.98. The highest BCUT2D eigenvalue weighted by Gasteiger charge is 2.26. The molecule has 1 aromatic rings. The van der Waals surface area contributed by atoms with Crippen molar-refractivity contribution >= 4 is 27.8 Å². The van der Waals surface area contributed by atoms with E-state index in [1.165, 1.54) is 0 Å². The predicted molar refractivity (Wildman–Crippen MR) is 83.0 cm³/mol. The summed E-state index contributed by atoms with van der Waals surface area (Å²) < 4.78 is 0. The quantitative estimate of drug-likeness (QED) is 0.851. The van der Waals surface area contributed by atoms with E-state index in [0.29, 0.717) is 0 Å². The van der Waals surface area contributed by atoms with Gasteiger partial charge in [0.15, 0.2) is 0 Å². The average molecular weight is 341 g/mol. The summed E-state index contributed by atoms with van der Waals surface area (Å²) in [6.45, 7) is 5.78. The van der Waals surface area contributed by atoms with Gasteiger partial charge in [0.25, 0.3) is 0 Å². The molecule has 20 heavy (non-hydrogen) atoms. The highest BCUT2D eigenvalue weighted by atomic mass is 79.9. The zero-order valence-corrected chi connectivity index (χ0v) is 13.5. The molecular weight excluding hydrogens is 320 g/mol. The lowest BCUT2D eigenvalue weighted by atomic mass is 10.0. The number of aromatic nitrogens is 2. The van der Waals surface area contributed by atoms with Crippen LogP contribution in [0.1, 0.15) is 26.7 Å². The molecule has 0 spiro atoms. The highest BCUT2D eigenvalue weighted by molar-refractivity contribution is 9.10. The van der Waals surface area contributed by atoms with Crippen LogP contribution in [0.2, 0.25) is 0 Å². The van der Waals surface area contributed by atoms with Gasteiger partial charge in [-0.3, -0.25) is 4.79 Å². The van der Waals surface area contributed by atoms with Crippen LogP contribution in [0, 0.1) is 5.92 Å². The molecule has 1 aromatic heterocycles. The van der Waals surface area contributed by atoms with Crippen molar-refractivity contribution in [3.05, 3.63) is 18.5 Å². The maximum absolute atomic E-state index is 12.1. The Morgan fingerprint density at radius 3 is 2.80 bits per heavy atom. The minimum Gasteiger partial charge on any atom is -0.351 e. The van der Waals surface area contributed by atoms with Gasteiger partial charge in [0.1, 0.15) is 0 Å². The number of hydrogen-bond donors (Lipinski definition) is 1. The van der Waals surface area contributed by atoms with Crippen LogP contribution in [0.25, 0.3) is 0 Å². The largest absolute Gasteiger partial charge is 0.351 e. The minimum atomic E-state index is -0.133. The number of carbonyl (C=O) groups excluding carboxylic acids is 1. The Kier molecular flexibility index (Phi) is 5.34. The molecule has 0 saturated carbocycles. The first-order chi connectivity index (χ1) is 9.58. The molecule has 2 rings (SSSR count). The minimum absolute atomic E-state index is 0.0702.